The molecule has 0 radical (unpaired) electrons. The maximum Gasteiger partial charge on any atom is 0.305 e. The molecule has 0 aliphatic carbocycles. The Morgan fingerprint density at radius 1 is 1.20 bits per heavy atom. The van der Waals surface area contributed by atoms with E-state index in [-0.39, 0.29) is 24.4 Å². The number of nitriles is 1. The number of nitrogens with zero attached hydrogens (tertiary/aromatic N) is 3. The fraction of sp³-hybridized carbons (Fsp3) is 0.389. The highest BCUT2D eigenvalue weighted by molar-refractivity contribution is 5.97. The van der Waals surface area contributed by atoms with Crippen molar-refractivity contribution in [3.63, 3.8) is 0 Å². The van der Waals surface area contributed by atoms with Gasteiger partial charge in [0.25, 0.3) is 5.91 Å². The van der Waals surface area contributed by atoms with Crippen LogP contribution in [0.25, 0.3) is 0 Å². The molecule has 1 aromatic rings. The number of amides is 1. The van der Waals surface area contributed by atoms with Crippen molar-refractivity contribution in [3.8, 4) is 6.07 Å². The Kier molecular flexibility index (Phi) is 6.99. The maximum atomic E-state index is 12.4. The Morgan fingerprint density at radius 3 is 2.48 bits per heavy atom. The van der Waals surface area contributed by atoms with Crippen LogP contribution in [0.1, 0.15) is 12.0 Å². The molecule has 1 aromatic carbocycles. The second kappa shape index (κ2) is 9.45. The monoisotopic (exact) mass is 342 g/mol. The van der Waals surface area contributed by atoms with Crippen molar-refractivity contribution >= 4 is 11.9 Å². The minimum atomic E-state index is -0.930. The van der Waals surface area contributed by atoms with Gasteiger partial charge in [0.1, 0.15) is 11.6 Å². The third-order valence-corrected chi connectivity index (χ3v) is 3.99. The summed E-state index contributed by atoms with van der Waals surface area (Å²) in [6.07, 6.45) is 1.24. The molecule has 2 N–H and O–H groups in total. The van der Waals surface area contributed by atoms with Crippen molar-refractivity contribution in [2.45, 2.75) is 13.0 Å². The molecule has 2 rings (SSSR count). The highest BCUT2D eigenvalue weighted by Gasteiger charge is 2.23. The van der Waals surface area contributed by atoms with Crippen LogP contribution >= 0.6 is 0 Å². The molecule has 1 heterocycles. The van der Waals surface area contributed by atoms with E-state index in [4.69, 9.17) is 10.4 Å². The zero-order valence-electron chi connectivity index (χ0n) is 14.0. The summed E-state index contributed by atoms with van der Waals surface area (Å²) >= 11 is 0. The van der Waals surface area contributed by atoms with Crippen LogP contribution in [0.3, 0.4) is 0 Å². The van der Waals surface area contributed by atoms with Gasteiger partial charge in [0.2, 0.25) is 0 Å². The number of hydrogen-bond donors (Lipinski definition) is 2. The molecule has 1 aliphatic rings. The number of hydrogen-bond acceptors (Lipinski definition) is 5. The van der Waals surface area contributed by atoms with Crippen LogP contribution in [-0.2, 0) is 16.1 Å². The number of rotatable bonds is 7. The number of carboxylic acids is 1. The van der Waals surface area contributed by atoms with E-state index in [1.165, 1.54) is 11.8 Å². The van der Waals surface area contributed by atoms with Gasteiger partial charge in [-0.1, -0.05) is 30.3 Å². The summed E-state index contributed by atoms with van der Waals surface area (Å²) in [4.78, 5) is 26.8. The number of carbonyl (C=O) groups excluding carboxylic acids is 1. The molecule has 1 amide bonds. The largest absolute Gasteiger partial charge is 0.481 e. The lowest BCUT2D eigenvalue weighted by atomic mass is 10.2. The third-order valence-electron chi connectivity index (χ3n) is 3.99. The number of carboxylic acid groups (broad SMARTS) is 1. The molecule has 25 heavy (non-hydrogen) atoms. The molecule has 1 saturated heterocycles. The van der Waals surface area contributed by atoms with E-state index < -0.39 is 5.97 Å². The average molecular weight is 342 g/mol. The zero-order valence-corrected chi connectivity index (χ0v) is 14.0. The molecular formula is C18H22N4O3. The van der Waals surface area contributed by atoms with E-state index in [1.54, 1.807) is 4.90 Å². The van der Waals surface area contributed by atoms with Crippen molar-refractivity contribution in [1.82, 2.24) is 15.1 Å². The minimum absolute atomic E-state index is 0.00176. The van der Waals surface area contributed by atoms with Crippen LogP contribution in [0.4, 0.5) is 0 Å². The summed E-state index contributed by atoms with van der Waals surface area (Å²) in [7, 11) is 0. The number of carbonyl (C=O) groups is 2. The first-order valence-electron chi connectivity index (χ1n) is 8.21. The predicted molar refractivity (Wildman–Crippen MR) is 92.3 cm³/mol. The Balaban J connectivity index is 1.82. The third kappa shape index (κ3) is 5.94. The Hall–Kier alpha value is -2.85. The van der Waals surface area contributed by atoms with Crippen LogP contribution in [0.2, 0.25) is 0 Å². The first-order valence-corrected chi connectivity index (χ1v) is 8.21. The van der Waals surface area contributed by atoms with Crippen LogP contribution < -0.4 is 5.32 Å². The molecule has 0 bridgehead atoms. The standard InChI is InChI=1S/C18H22N4O3/c19-12-16(13-20-7-6-17(23)24)18(25)22-10-8-21(9-11-22)14-15-4-2-1-3-5-15/h1-5,13,20H,6-11,14H2,(H,23,24)/b16-13-. The van der Waals surface area contributed by atoms with E-state index >= 15 is 0 Å². The van der Waals surface area contributed by atoms with Crippen LogP contribution in [0.15, 0.2) is 42.1 Å². The fourth-order valence-corrected chi connectivity index (χ4v) is 2.62. The molecule has 0 atom stereocenters. The van der Waals surface area contributed by atoms with Gasteiger partial charge < -0.3 is 15.3 Å². The Morgan fingerprint density at radius 2 is 1.88 bits per heavy atom. The Labute approximate surface area is 147 Å². The Bertz CT molecular complexity index is 659. The van der Waals surface area contributed by atoms with Gasteiger partial charge in [0.05, 0.1) is 6.42 Å². The first-order chi connectivity index (χ1) is 12.1. The molecule has 132 valence electrons. The van der Waals surface area contributed by atoms with E-state index in [0.717, 1.165) is 19.6 Å². The SMILES string of the molecule is N#C/C(=C/NCCC(=O)O)C(=O)N1CCN(Cc2ccccc2)CC1. The maximum absolute atomic E-state index is 12.4. The topological polar surface area (TPSA) is 96.7 Å². The van der Waals surface area contributed by atoms with Gasteiger partial charge in [0.15, 0.2) is 0 Å². The summed E-state index contributed by atoms with van der Waals surface area (Å²) in [6.45, 7) is 3.68. The van der Waals surface area contributed by atoms with Crippen molar-refractivity contribution in [1.29, 1.82) is 5.26 Å². The van der Waals surface area contributed by atoms with E-state index in [9.17, 15) is 9.59 Å². The normalized spacial score (nSPS) is 15.5. The molecular weight excluding hydrogens is 320 g/mol. The molecule has 0 spiro atoms. The highest BCUT2D eigenvalue weighted by Crippen LogP contribution is 2.10. The molecule has 7 heteroatoms. The number of aliphatic carboxylic acids is 1. The van der Waals surface area contributed by atoms with Gasteiger partial charge >= 0.3 is 5.97 Å². The predicted octanol–water partition coefficient (Wildman–Crippen LogP) is 0.803. The van der Waals surface area contributed by atoms with Crippen molar-refractivity contribution in [3.05, 3.63) is 47.7 Å². The van der Waals surface area contributed by atoms with Crippen LogP contribution in [0, 0.1) is 11.3 Å². The van der Waals surface area contributed by atoms with E-state index in [0.29, 0.717) is 13.1 Å². The van der Waals surface area contributed by atoms with Gasteiger partial charge in [-0.15, -0.1) is 0 Å². The molecule has 1 aliphatic heterocycles. The zero-order chi connectivity index (χ0) is 18.1. The lowest BCUT2D eigenvalue weighted by molar-refractivity contribution is -0.136. The van der Waals surface area contributed by atoms with Gasteiger partial charge in [-0.25, -0.2) is 0 Å². The van der Waals surface area contributed by atoms with Gasteiger partial charge in [0, 0.05) is 45.5 Å². The molecule has 0 aromatic heterocycles. The quantitative estimate of drug-likeness (QED) is 0.432. The number of nitrogens with one attached hydrogen (secondary N) is 1. The van der Waals surface area contributed by atoms with Gasteiger partial charge in [-0.2, -0.15) is 5.26 Å². The van der Waals surface area contributed by atoms with Crippen molar-refractivity contribution < 1.29 is 14.7 Å². The van der Waals surface area contributed by atoms with E-state index in [1.807, 2.05) is 24.3 Å². The van der Waals surface area contributed by atoms with Gasteiger partial charge in [-0.05, 0) is 5.56 Å². The summed E-state index contributed by atoms with van der Waals surface area (Å²) in [5.74, 6) is -1.25. The summed E-state index contributed by atoms with van der Waals surface area (Å²) in [5.41, 5.74) is 1.24. The number of benzene rings is 1. The van der Waals surface area contributed by atoms with E-state index in [2.05, 4.69) is 22.3 Å². The average Bonchev–Trinajstić information content (AvgIpc) is 2.62. The van der Waals surface area contributed by atoms with Crippen molar-refractivity contribution in [2.24, 2.45) is 0 Å². The highest BCUT2D eigenvalue weighted by atomic mass is 16.4. The second-order valence-corrected chi connectivity index (χ2v) is 5.82. The lowest BCUT2D eigenvalue weighted by Gasteiger charge is -2.34. The smallest absolute Gasteiger partial charge is 0.305 e. The fourth-order valence-electron chi connectivity index (χ4n) is 2.62. The minimum Gasteiger partial charge on any atom is -0.481 e. The van der Waals surface area contributed by atoms with Crippen LogP contribution in [0.5, 0.6) is 0 Å². The summed E-state index contributed by atoms with van der Waals surface area (Å²) < 4.78 is 0. The number of piperazine rings is 1. The molecule has 0 saturated carbocycles. The summed E-state index contributed by atoms with van der Waals surface area (Å²) in [5, 5.41) is 20.4. The lowest BCUT2D eigenvalue weighted by Crippen LogP contribution is -2.48. The summed E-state index contributed by atoms with van der Waals surface area (Å²) in [6, 6.07) is 12.1. The second-order valence-electron chi connectivity index (χ2n) is 5.82. The first kappa shape index (κ1) is 18.5. The van der Waals surface area contributed by atoms with Crippen LogP contribution in [-0.4, -0.2) is 59.5 Å². The molecule has 7 nitrogen and oxygen atoms in total. The molecule has 1 fully saturated rings. The van der Waals surface area contributed by atoms with Gasteiger partial charge in [-0.3, -0.25) is 14.5 Å². The molecule has 0 unspecified atom stereocenters. The van der Waals surface area contributed by atoms with Crippen molar-refractivity contribution in [2.75, 3.05) is 32.7 Å².